The minimum atomic E-state index is -0.168. The molecule has 1 atom stereocenters. The molecule has 0 aliphatic carbocycles. The number of amides is 3. The van der Waals surface area contributed by atoms with Crippen molar-refractivity contribution in [2.75, 3.05) is 47.3 Å². The standard InChI is InChI=1S/C22H33FN4O2/c1-24(2)22(29)27-13-10-17(11-14-27)21(28)25(3)19-8-6-12-26(16-19)15-18-7-4-5-9-20(18)23/h4-5,7,9,17,19H,6,8,10-16H2,1-3H3. The smallest absolute Gasteiger partial charge is 0.319 e. The highest BCUT2D eigenvalue weighted by Gasteiger charge is 2.33. The summed E-state index contributed by atoms with van der Waals surface area (Å²) in [5, 5.41) is 0. The van der Waals surface area contributed by atoms with Crippen LogP contribution >= 0.6 is 0 Å². The maximum atomic E-state index is 14.0. The second kappa shape index (κ2) is 9.57. The monoisotopic (exact) mass is 404 g/mol. The number of rotatable bonds is 4. The average molecular weight is 405 g/mol. The van der Waals surface area contributed by atoms with Crippen LogP contribution in [0.2, 0.25) is 0 Å². The number of urea groups is 1. The highest BCUT2D eigenvalue weighted by molar-refractivity contribution is 5.80. The predicted octanol–water partition coefficient (Wildman–Crippen LogP) is 2.64. The zero-order valence-corrected chi connectivity index (χ0v) is 17.8. The number of piperidine rings is 2. The van der Waals surface area contributed by atoms with Gasteiger partial charge < -0.3 is 14.7 Å². The number of likely N-dealkylation sites (N-methyl/N-ethyl adjacent to an activating group) is 1. The van der Waals surface area contributed by atoms with Gasteiger partial charge in [0.1, 0.15) is 5.82 Å². The molecule has 0 N–H and O–H groups in total. The Morgan fingerprint density at radius 3 is 2.41 bits per heavy atom. The molecule has 0 saturated carbocycles. The van der Waals surface area contributed by atoms with Crippen LogP contribution in [0.5, 0.6) is 0 Å². The van der Waals surface area contributed by atoms with Gasteiger partial charge in [0, 0.05) is 64.8 Å². The van der Waals surface area contributed by atoms with E-state index in [2.05, 4.69) is 4.90 Å². The third kappa shape index (κ3) is 5.26. The van der Waals surface area contributed by atoms with E-state index < -0.39 is 0 Å². The van der Waals surface area contributed by atoms with Crippen LogP contribution in [0.1, 0.15) is 31.2 Å². The van der Waals surface area contributed by atoms with Crippen molar-refractivity contribution in [1.29, 1.82) is 0 Å². The molecule has 3 amide bonds. The van der Waals surface area contributed by atoms with E-state index in [1.54, 1.807) is 25.1 Å². The summed E-state index contributed by atoms with van der Waals surface area (Å²) in [7, 11) is 5.41. The first-order chi connectivity index (χ1) is 13.9. The molecular formula is C22H33FN4O2. The van der Waals surface area contributed by atoms with Gasteiger partial charge in [0.15, 0.2) is 0 Å². The van der Waals surface area contributed by atoms with E-state index in [-0.39, 0.29) is 29.7 Å². The Bertz CT molecular complexity index is 719. The van der Waals surface area contributed by atoms with Gasteiger partial charge in [-0.3, -0.25) is 9.69 Å². The molecule has 160 valence electrons. The van der Waals surface area contributed by atoms with Crippen molar-refractivity contribution < 1.29 is 14.0 Å². The minimum absolute atomic E-state index is 0.0142. The summed E-state index contributed by atoms with van der Waals surface area (Å²) in [5.41, 5.74) is 0.708. The van der Waals surface area contributed by atoms with Crippen LogP contribution in [0, 0.1) is 11.7 Å². The zero-order valence-electron chi connectivity index (χ0n) is 17.8. The lowest BCUT2D eigenvalue weighted by Crippen LogP contribution is -2.51. The highest BCUT2D eigenvalue weighted by atomic mass is 19.1. The zero-order chi connectivity index (χ0) is 21.0. The van der Waals surface area contributed by atoms with Crippen molar-refractivity contribution in [3.05, 3.63) is 35.6 Å². The molecule has 6 nitrogen and oxygen atoms in total. The molecule has 29 heavy (non-hydrogen) atoms. The first-order valence-electron chi connectivity index (χ1n) is 10.6. The first kappa shape index (κ1) is 21.6. The Hall–Kier alpha value is -2.15. The van der Waals surface area contributed by atoms with Crippen molar-refractivity contribution in [2.45, 2.75) is 38.3 Å². The fourth-order valence-corrected chi connectivity index (χ4v) is 4.43. The van der Waals surface area contributed by atoms with Crippen LogP contribution in [0.25, 0.3) is 0 Å². The van der Waals surface area contributed by atoms with Gasteiger partial charge in [0.05, 0.1) is 0 Å². The van der Waals surface area contributed by atoms with Crippen LogP contribution in [-0.4, -0.2) is 84.9 Å². The number of carbonyl (C=O) groups is 2. The van der Waals surface area contributed by atoms with Crippen molar-refractivity contribution in [1.82, 2.24) is 19.6 Å². The highest BCUT2D eigenvalue weighted by Crippen LogP contribution is 2.24. The fourth-order valence-electron chi connectivity index (χ4n) is 4.43. The van der Waals surface area contributed by atoms with E-state index in [4.69, 9.17) is 0 Å². The molecule has 1 aromatic rings. The summed E-state index contributed by atoms with van der Waals surface area (Å²) in [6.45, 7) is 3.54. The number of hydrogen-bond donors (Lipinski definition) is 0. The lowest BCUT2D eigenvalue weighted by atomic mass is 9.94. The van der Waals surface area contributed by atoms with E-state index in [9.17, 15) is 14.0 Å². The summed E-state index contributed by atoms with van der Waals surface area (Å²) in [6.07, 6.45) is 3.42. The van der Waals surface area contributed by atoms with Gasteiger partial charge in [-0.2, -0.15) is 0 Å². The molecular weight excluding hydrogens is 371 g/mol. The largest absolute Gasteiger partial charge is 0.341 e. The van der Waals surface area contributed by atoms with Crippen molar-refractivity contribution in [2.24, 2.45) is 5.92 Å². The average Bonchev–Trinajstić information content (AvgIpc) is 2.74. The van der Waals surface area contributed by atoms with Gasteiger partial charge in [0.25, 0.3) is 0 Å². The molecule has 2 fully saturated rings. The van der Waals surface area contributed by atoms with E-state index in [0.29, 0.717) is 38.0 Å². The van der Waals surface area contributed by atoms with E-state index in [1.165, 1.54) is 6.07 Å². The Kier molecular flexibility index (Phi) is 7.11. The number of benzene rings is 1. The molecule has 3 rings (SSSR count). The summed E-state index contributed by atoms with van der Waals surface area (Å²) in [4.78, 5) is 32.7. The number of hydrogen-bond acceptors (Lipinski definition) is 3. The quantitative estimate of drug-likeness (QED) is 0.775. The Labute approximate surface area is 173 Å². The van der Waals surface area contributed by atoms with E-state index in [0.717, 1.165) is 25.9 Å². The normalized spacial score (nSPS) is 21.1. The van der Waals surface area contributed by atoms with Gasteiger partial charge in [-0.1, -0.05) is 18.2 Å². The molecule has 0 aromatic heterocycles. The Morgan fingerprint density at radius 1 is 1.07 bits per heavy atom. The van der Waals surface area contributed by atoms with Crippen LogP contribution in [-0.2, 0) is 11.3 Å². The van der Waals surface area contributed by atoms with Crippen LogP contribution in [0.3, 0.4) is 0 Å². The molecule has 0 bridgehead atoms. The molecule has 2 aliphatic rings. The summed E-state index contributed by atoms with van der Waals surface area (Å²) < 4.78 is 14.0. The predicted molar refractivity (Wildman–Crippen MR) is 111 cm³/mol. The SMILES string of the molecule is CN(C)C(=O)N1CCC(C(=O)N(C)C2CCCN(Cc3ccccc3F)C2)CC1. The summed E-state index contributed by atoms with van der Waals surface area (Å²) >= 11 is 0. The van der Waals surface area contributed by atoms with Gasteiger partial charge >= 0.3 is 6.03 Å². The molecule has 1 aromatic carbocycles. The maximum absolute atomic E-state index is 14.0. The van der Waals surface area contributed by atoms with E-state index in [1.807, 2.05) is 29.0 Å². The number of likely N-dealkylation sites (tertiary alicyclic amines) is 2. The molecule has 2 aliphatic heterocycles. The molecule has 1 unspecified atom stereocenters. The number of nitrogens with zero attached hydrogens (tertiary/aromatic N) is 4. The van der Waals surface area contributed by atoms with Crippen LogP contribution in [0.15, 0.2) is 24.3 Å². The third-order valence-corrected chi connectivity index (χ3v) is 6.23. The Balaban J connectivity index is 1.53. The fraction of sp³-hybridized carbons (Fsp3) is 0.636. The second-order valence-corrected chi connectivity index (χ2v) is 8.51. The second-order valence-electron chi connectivity index (χ2n) is 8.51. The molecule has 0 spiro atoms. The molecule has 0 radical (unpaired) electrons. The van der Waals surface area contributed by atoms with Crippen LogP contribution in [0.4, 0.5) is 9.18 Å². The minimum Gasteiger partial charge on any atom is -0.341 e. The summed E-state index contributed by atoms with van der Waals surface area (Å²) in [6, 6.07) is 7.07. The first-order valence-corrected chi connectivity index (χ1v) is 10.6. The Morgan fingerprint density at radius 2 is 1.76 bits per heavy atom. The number of carbonyl (C=O) groups excluding carboxylic acids is 2. The van der Waals surface area contributed by atoms with Gasteiger partial charge in [-0.25, -0.2) is 9.18 Å². The maximum Gasteiger partial charge on any atom is 0.319 e. The van der Waals surface area contributed by atoms with Crippen LogP contribution < -0.4 is 0 Å². The molecule has 2 heterocycles. The lowest BCUT2D eigenvalue weighted by molar-refractivity contribution is -0.138. The van der Waals surface area contributed by atoms with Crippen molar-refractivity contribution in [3.8, 4) is 0 Å². The molecule has 7 heteroatoms. The van der Waals surface area contributed by atoms with Crippen molar-refractivity contribution in [3.63, 3.8) is 0 Å². The van der Waals surface area contributed by atoms with Gasteiger partial charge in [-0.05, 0) is 38.3 Å². The van der Waals surface area contributed by atoms with Gasteiger partial charge in [0.2, 0.25) is 5.91 Å². The molecule has 2 saturated heterocycles. The van der Waals surface area contributed by atoms with Gasteiger partial charge in [-0.15, -0.1) is 0 Å². The summed E-state index contributed by atoms with van der Waals surface area (Å²) in [5.74, 6) is -0.00839. The topological polar surface area (TPSA) is 47.1 Å². The third-order valence-electron chi connectivity index (χ3n) is 6.23. The van der Waals surface area contributed by atoms with Crippen molar-refractivity contribution >= 4 is 11.9 Å². The number of halogens is 1. The lowest BCUT2D eigenvalue weighted by Gasteiger charge is -2.40. The van der Waals surface area contributed by atoms with E-state index >= 15 is 0 Å².